The quantitative estimate of drug-likeness (QED) is 0.475. The summed E-state index contributed by atoms with van der Waals surface area (Å²) in [6.45, 7) is 2.06. The van der Waals surface area contributed by atoms with Crippen molar-refractivity contribution >= 4 is 28.6 Å². The second-order valence-electron chi connectivity index (χ2n) is 3.39. The molecule has 0 aromatic heterocycles. The maximum atomic E-state index is 11.5. The molecule has 3 heteroatoms. The van der Waals surface area contributed by atoms with Crippen molar-refractivity contribution in [2.75, 3.05) is 0 Å². The molecule has 78 valence electrons. The molecule has 1 atom stereocenters. The number of hydrogen-bond donors (Lipinski definition) is 0. The summed E-state index contributed by atoms with van der Waals surface area (Å²) in [4.78, 5) is 11.5. The molecular weight excluding hydrogens is 303 g/mol. The molecule has 15 heavy (non-hydrogen) atoms. The molecule has 1 heterocycles. The normalized spacial score (nSPS) is 19.3. The molecular formula is C12H11IO2. The first kappa shape index (κ1) is 10.7. The molecule has 0 radical (unpaired) electrons. The van der Waals surface area contributed by atoms with Crippen LogP contribution in [0.1, 0.15) is 35.4 Å². The Morgan fingerprint density at radius 3 is 3.07 bits per heavy atom. The van der Waals surface area contributed by atoms with Gasteiger partial charge in [0.25, 0.3) is 0 Å². The van der Waals surface area contributed by atoms with E-state index in [9.17, 15) is 4.79 Å². The number of benzene rings is 1. The summed E-state index contributed by atoms with van der Waals surface area (Å²) in [6.07, 6.45) is 4.72. The fraction of sp³-hybridized carbons (Fsp3) is 0.250. The minimum absolute atomic E-state index is 0.190. The highest BCUT2D eigenvalue weighted by atomic mass is 127. The zero-order valence-corrected chi connectivity index (χ0v) is 10.5. The van der Waals surface area contributed by atoms with Gasteiger partial charge in [-0.1, -0.05) is 19.1 Å². The second-order valence-corrected chi connectivity index (χ2v) is 4.64. The number of esters is 1. The minimum Gasteiger partial charge on any atom is -0.450 e. The number of cyclic esters (lactones) is 1. The maximum Gasteiger partial charge on any atom is 0.339 e. The lowest BCUT2D eigenvalue weighted by Crippen LogP contribution is -1.95. The molecule has 2 rings (SSSR count). The van der Waals surface area contributed by atoms with Crippen LogP contribution in [0.15, 0.2) is 30.4 Å². The van der Waals surface area contributed by atoms with Gasteiger partial charge in [0.1, 0.15) is 6.10 Å². The third-order valence-corrected chi connectivity index (χ3v) is 2.99. The van der Waals surface area contributed by atoms with Gasteiger partial charge in [-0.05, 0) is 47.2 Å². The van der Waals surface area contributed by atoms with Crippen molar-refractivity contribution in [1.29, 1.82) is 0 Å². The van der Waals surface area contributed by atoms with Crippen molar-refractivity contribution in [2.45, 2.75) is 19.4 Å². The molecule has 0 spiro atoms. The third kappa shape index (κ3) is 2.07. The molecule has 0 saturated heterocycles. The number of fused-ring (bicyclic) bond motifs is 1. The molecule has 0 N–H and O–H groups in total. The third-order valence-electron chi connectivity index (χ3n) is 2.32. The van der Waals surface area contributed by atoms with Gasteiger partial charge in [-0.2, -0.15) is 0 Å². The summed E-state index contributed by atoms with van der Waals surface area (Å²) in [5.41, 5.74) is 1.68. The molecule has 1 aromatic carbocycles. The van der Waals surface area contributed by atoms with Gasteiger partial charge in [-0.15, -0.1) is 0 Å². The topological polar surface area (TPSA) is 26.3 Å². The number of hydrogen-bond acceptors (Lipinski definition) is 2. The zero-order valence-electron chi connectivity index (χ0n) is 8.37. The fourth-order valence-electron chi connectivity index (χ4n) is 1.60. The number of allylic oxidation sites excluding steroid dienone is 1. The maximum absolute atomic E-state index is 11.5. The SMILES string of the molecule is CC/C=C\C1OC(=O)c2cc(I)ccc21. The van der Waals surface area contributed by atoms with E-state index in [-0.39, 0.29) is 12.1 Å². The Labute approximate surface area is 102 Å². The van der Waals surface area contributed by atoms with E-state index in [1.807, 2.05) is 30.4 Å². The number of carbonyl (C=O) groups is 1. The molecule has 1 aliphatic heterocycles. The van der Waals surface area contributed by atoms with E-state index in [0.717, 1.165) is 15.6 Å². The first-order valence-corrected chi connectivity index (χ1v) is 5.97. The van der Waals surface area contributed by atoms with Crippen molar-refractivity contribution in [3.05, 3.63) is 45.0 Å². The van der Waals surface area contributed by atoms with E-state index >= 15 is 0 Å². The summed E-state index contributed by atoms with van der Waals surface area (Å²) < 4.78 is 6.32. The number of rotatable bonds is 2. The van der Waals surface area contributed by atoms with Crippen LogP contribution < -0.4 is 0 Å². The summed E-state index contributed by atoms with van der Waals surface area (Å²) in [6, 6.07) is 5.83. The summed E-state index contributed by atoms with van der Waals surface area (Å²) in [7, 11) is 0. The van der Waals surface area contributed by atoms with Crippen LogP contribution in [0.25, 0.3) is 0 Å². The van der Waals surface area contributed by atoms with Crippen LogP contribution >= 0.6 is 22.6 Å². The van der Waals surface area contributed by atoms with Gasteiger partial charge in [0.05, 0.1) is 5.56 Å². The van der Waals surface area contributed by atoms with Gasteiger partial charge in [0, 0.05) is 9.13 Å². The van der Waals surface area contributed by atoms with Crippen LogP contribution in [0.3, 0.4) is 0 Å². The van der Waals surface area contributed by atoms with Crippen molar-refractivity contribution in [3.8, 4) is 0 Å². The Bertz CT molecular complexity index is 424. The predicted molar refractivity (Wildman–Crippen MR) is 66.7 cm³/mol. The number of ether oxygens (including phenoxy) is 1. The van der Waals surface area contributed by atoms with Gasteiger partial charge in [0.2, 0.25) is 0 Å². The van der Waals surface area contributed by atoms with Gasteiger partial charge in [-0.25, -0.2) is 4.79 Å². The molecule has 1 unspecified atom stereocenters. The molecule has 0 aliphatic carbocycles. The molecule has 1 aromatic rings. The fourth-order valence-corrected chi connectivity index (χ4v) is 2.09. The molecule has 0 amide bonds. The van der Waals surface area contributed by atoms with E-state index in [0.29, 0.717) is 5.56 Å². The van der Waals surface area contributed by atoms with Crippen molar-refractivity contribution < 1.29 is 9.53 Å². The standard InChI is InChI=1S/C12H11IO2/c1-2-3-4-11-9-6-5-8(13)7-10(9)12(14)15-11/h3-7,11H,2H2,1H3/b4-3-. The van der Waals surface area contributed by atoms with Crippen LogP contribution in [0.5, 0.6) is 0 Å². The van der Waals surface area contributed by atoms with E-state index in [4.69, 9.17) is 4.74 Å². The van der Waals surface area contributed by atoms with Crippen LogP contribution in [0, 0.1) is 3.57 Å². The average Bonchev–Trinajstić information content (AvgIpc) is 2.53. The Hall–Kier alpha value is -0.840. The molecule has 0 bridgehead atoms. The largest absolute Gasteiger partial charge is 0.450 e. The zero-order chi connectivity index (χ0) is 10.8. The highest BCUT2D eigenvalue weighted by Gasteiger charge is 2.28. The Balaban J connectivity index is 2.38. The van der Waals surface area contributed by atoms with Crippen LogP contribution in [-0.4, -0.2) is 5.97 Å². The van der Waals surface area contributed by atoms with Gasteiger partial charge in [-0.3, -0.25) is 0 Å². The number of carbonyl (C=O) groups excluding carboxylic acids is 1. The monoisotopic (exact) mass is 314 g/mol. The van der Waals surface area contributed by atoms with E-state index in [2.05, 4.69) is 29.5 Å². The predicted octanol–water partition coefficient (Wildman–Crippen LogP) is 3.47. The van der Waals surface area contributed by atoms with Gasteiger partial charge in [0.15, 0.2) is 0 Å². The Morgan fingerprint density at radius 1 is 1.53 bits per heavy atom. The first-order valence-electron chi connectivity index (χ1n) is 4.89. The Kier molecular flexibility index (Phi) is 3.09. The van der Waals surface area contributed by atoms with Crippen LogP contribution in [0.4, 0.5) is 0 Å². The molecule has 0 saturated carbocycles. The lowest BCUT2D eigenvalue weighted by atomic mass is 10.1. The van der Waals surface area contributed by atoms with Gasteiger partial charge >= 0.3 is 5.97 Å². The van der Waals surface area contributed by atoms with Crippen molar-refractivity contribution in [3.63, 3.8) is 0 Å². The van der Waals surface area contributed by atoms with E-state index < -0.39 is 0 Å². The Morgan fingerprint density at radius 2 is 2.33 bits per heavy atom. The second kappa shape index (κ2) is 4.35. The first-order chi connectivity index (χ1) is 7.22. The van der Waals surface area contributed by atoms with E-state index in [1.165, 1.54) is 0 Å². The summed E-state index contributed by atoms with van der Waals surface area (Å²) in [5, 5.41) is 0. The lowest BCUT2D eigenvalue weighted by molar-refractivity contribution is 0.0467. The lowest BCUT2D eigenvalue weighted by Gasteiger charge is -2.03. The summed E-state index contributed by atoms with van der Waals surface area (Å²) >= 11 is 2.19. The number of halogens is 1. The average molecular weight is 314 g/mol. The van der Waals surface area contributed by atoms with Gasteiger partial charge < -0.3 is 4.74 Å². The van der Waals surface area contributed by atoms with E-state index in [1.54, 1.807) is 0 Å². The van der Waals surface area contributed by atoms with Crippen molar-refractivity contribution in [1.82, 2.24) is 0 Å². The van der Waals surface area contributed by atoms with Crippen LogP contribution in [-0.2, 0) is 4.74 Å². The summed E-state index contributed by atoms with van der Waals surface area (Å²) in [5.74, 6) is -0.214. The highest BCUT2D eigenvalue weighted by molar-refractivity contribution is 14.1. The highest BCUT2D eigenvalue weighted by Crippen LogP contribution is 2.32. The molecule has 2 nitrogen and oxygen atoms in total. The smallest absolute Gasteiger partial charge is 0.339 e. The molecule has 0 fully saturated rings. The minimum atomic E-state index is -0.214. The van der Waals surface area contributed by atoms with Crippen molar-refractivity contribution in [2.24, 2.45) is 0 Å². The molecule has 1 aliphatic rings. The van der Waals surface area contributed by atoms with Crippen LogP contribution in [0.2, 0.25) is 0 Å².